The molecule has 4 aromatic rings. The highest BCUT2D eigenvalue weighted by atomic mass is 32.2. The number of aromatic nitrogens is 2. The molecular weight excluding hydrogens is 402 g/mol. The van der Waals surface area contributed by atoms with Crippen molar-refractivity contribution in [3.63, 3.8) is 0 Å². The van der Waals surface area contributed by atoms with Crippen molar-refractivity contribution in [2.75, 3.05) is 11.5 Å². The smallest absolute Gasteiger partial charge is 0.262 e. The molecule has 0 aliphatic heterocycles. The third kappa shape index (κ3) is 4.42. The predicted octanol–water partition coefficient (Wildman–Crippen LogP) is 5.63. The molecule has 0 saturated heterocycles. The maximum atomic E-state index is 13.5. The molecule has 4 rings (SSSR count). The van der Waals surface area contributed by atoms with Crippen LogP contribution in [0.2, 0.25) is 0 Å². The first-order valence-corrected chi connectivity index (χ1v) is 11.3. The molecule has 156 valence electrons. The van der Waals surface area contributed by atoms with Crippen LogP contribution in [0.15, 0.2) is 88.8 Å². The minimum Gasteiger partial charge on any atom is -0.398 e. The Labute approximate surface area is 186 Å². The zero-order chi connectivity index (χ0) is 21.8. The molecule has 0 aliphatic carbocycles. The van der Waals surface area contributed by atoms with Gasteiger partial charge in [-0.05, 0) is 35.4 Å². The van der Waals surface area contributed by atoms with E-state index >= 15 is 0 Å². The second kappa shape index (κ2) is 9.23. The van der Waals surface area contributed by atoms with Crippen molar-refractivity contribution in [3.8, 4) is 22.3 Å². The monoisotopic (exact) mass is 427 g/mol. The maximum absolute atomic E-state index is 13.5. The van der Waals surface area contributed by atoms with Gasteiger partial charge in [-0.15, -0.1) is 0 Å². The summed E-state index contributed by atoms with van der Waals surface area (Å²) in [4.78, 5) is 18.3. The van der Waals surface area contributed by atoms with E-state index < -0.39 is 0 Å². The Kier molecular flexibility index (Phi) is 6.23. The van der Waals surface area contributed by atoms with Crippen molar-refractivity contribution < 1.29 is 0 Å². The molecule has 0 radical (unpaired) electrons. The molecular formula is C26H25N3OS. The van der Waals surface area contributed by atoms with E-state index in [4.69, 9.17) is 10.7 Å². The lowest BCUT2D eigenvalue weighted by Gasteiger charge is -2.16. The largest absolute Gasteiger partial charge is 0.398 e. The van der Waals surface area contributed by atoms with Gasteiger partial charge in [0.2, 0.25) is 0 Å². The summed E-state index contributed by atoms with van der Waals surface area (Å²) in [6, 6.07) is 25.8. The van der Waals surface area contributed by atoms with Gasteiger partial charge in [0.05, 0.1) is 17.8 Å². The van der Waals surface area contributed by atoms with E-state index in [1.54, 1.807) is 16.3 Å². The van der Waals surface area contributed by atoms with Crippen LogP contribution >= 0.6 is 11.8 Å². The van der Waals surface area contributed by atoms with Crippen LogP contribution in [0.4, 0.5) is 5.69 Å². The van der Waals surface area contributed by atoms with Gasteiger partial charge in [-0.3, -0.25) is 9.36 Å². The van der Waals surface area contributed by atoms with Crippen LogP contribution in [-0.4, -0.2) is 15.3 Å². The van der Waals surface area contributed by atoms with Crippen LogP contribution in [-0.2, 0) is 6.54 Å². The van der Waals surface area contributed by atoms with Crippen molar-refractivity contribution in [3.05, 3.63) is 100 Å². The molecule has 31 heavy (non-hydrogen) atoms. The van der Waals surface area contributed by atoms with Crippen LogP contribution in [0, 0.1) is 6.92 Å². The Hall–Kier alpha value is -3.31. The van der Waals surface area contributed by atoms with Gasteiger partial charge in [0, 0.05) is 11.3 Å². The van der Waals surface area contributed by atoms with Crippen LogP contribution in [0.5, 0.6) is 0 Å². The number of nitrogens with two attached hydrogens (primary N) is 1. The first kappa shape index (κ1) is 20.9. The van der Waals surface area contributed by atoms with Gasteiger partial charge in [0.15, 0.2) is 5.16 Å². The van der Waals surface area contributed by atoms with Gasteiger partial charge in [-0.1, -0.05) is 91.5 Å². The molecule has 0 bridgehead atoms. The molecule has 2 N–H and O–H groups in total. The highest BCUT2D eigenvalue weighted by molar-refractivity contribution is 7.99. The number of aryl methyl sites for hydroxylation is 1. The Morgan fingerprint density at radius 1 is 0.903 bits per heavy atom. The van der Waals surface area contributed by atoms with E-state index in [0.29, 0.717) is 12.1 Å². The zero-order valence-electron chi connectivity index (χ0n) is 17.7. The first-order chi connectivity index (χ1) is 15.1. The molecule has 0 fully saturated rings. The summed E-state index contributed by atoms with van der Waals surface area (Å²) in [5.41, 5.74) is 12.3. The highest BCUT2D eigenvalue weighted by Crippen LogP contribution is 2.27. The van der Waals surface area contributed by atoms with E-state index in [1.165, 1.54) is 0 Å². The van der Waals surface area contributed by atoms with Gasteiger partial charge >= 0.3 is 0 Å². The molecule has 4 nitrogen and oxygen atoms in total. The number of hydrogen-bond donors (Lipinski definition) is 1. The van der Waals surface area contributed by atoms with Crippen LogP contribution < -0.4 is 11.3 Å². The summed E-state index contributed by atoms with van der Waals surface area (Å²) in [6.45, 7) is 4.45. The van der Waals surface area contributed by atoms with E-state index in [2.05, 4.69) is 31.2 Å². The van der Waals surface area contributed by atoms with Gasteiger partial charge in [0.1, 0.15) is 0 Å². The average molecular weight is 428 g/mol. The molecule has 0 aliphatic rings. The first-order valence-electron chi connectivity index (χ1n) is 10.3. The minimum atomic E-state index is -0.00831. The minimum absolute atomic E-state index is 0.00831. The molecule has 5 heteroatoms. The summed E-state index contributed by atoms with van der Waals surface area (Å²) in [7, 11) is 0. The number of hydrogen-bond acceptors (Lipinski definition) is 4. The Morgan fingerprint density at radius 3 is 2.26 bits per heavy atom. The Morgan fingerprint density at radius 2 is 1.58 bits per heavy atom. The number of thioether (sulfide) groups is 1. The Bertz CT molecular complexity index is 1250. The van der Waals surface area contributed by atoms with Crippen molar-refractivity contribution in [2.24, 2.45) is 0 Å². The summed E-state index contributed by atoms with van der Waals surface area (Å²) >= 11 is 1.59. The fourth-order valence-corrected chi connectivity index (χ4v) is 4.45. The van der Waals surface area contributed by atoms with Crippen molar-refractivity contribution >= 4 is 17.4 Å². The third-order valence-electron chi connectivity index (χ3n) is 5.22. The van der Waals surface area contributed by atoms with Gasteiger partial charge in [0.25, 0.3) is 5.56 Å². The molecule has 0 unspecified atom stereocenters. The molecule has 0 saturated carbocycles. The third-order valence-corrected chi connectivity index (χ3v) is 6.08. The molecule has 0 spiro atoms. The van der Waals surface area contributed by atoms with Crippen molar-refractivity contribution in [1.82, 2.24) is 9.55 Å². The second-order valence-electron chi connectivity index (χ2n) is 7.33. The topological polar surface area (TPSA) is 60.9 Å². The van der Waals surface area contributed by atoms with Gasteiger partial charge in [-0.25, -0.2) is 4.98 Å². The fraction of sp³-hybridized carbons (Fsp3) is 0.154. The average Bonchev–Trinajstić information content (AvgIpc) is 2.78. The lowest BCUT2D eigenvalue weighted by molar-refractivity contribution is 0.641. The molecule has 0 atom stereocenters. The number of para-hydroxylation sites is 1. The predicted molar refractivity (Wildman–Crippen MR) is 130 cm³/mol. The SMILES string of the molecule is CCSc1nc(C)c(-c2ccccc2)c(=O)n1Cc1ccc(-c2ccccc2N)cc1. The summed E-state index contributed by atoms with van der Waals surface area (Å²) in [5, 5.41) is 0.751. The van der Waals surface area contributed by atoms with Gasteiger partial charge < -0.3 is 5.73 Å². The summed E-state index contributed by atoms with van der Waals surface area (Å²) < 4.78 is 1.79. The lowest BCUT2D eigenvalue weighted by Crippen LogP contribution is -2.26. The standard InChI is InChI=1S/C26H25N3OS/c1-3-31-26-28-18(2)24(21-9-5-4-6-10-21)25(30)29(26)17-19-13-15-20(16-14-19)22-11-7-8-12-23(22)27/h4-16H,3,17,27H2,1-2H3. The molecule has 3 aromatic carbocycles. The van der Waals surface area contributed by atoms with Crippen LogP contribution in [0.1, 0.15) is 18.2 Å². The maximum Gasteiger partial charge on any atom is 0.262 e. The highest BCUT2D eigenvalue weighted by Gasteiger charge is 2.16. The van der Waals surface area contributed by atoms with Gasteiger partial charge in [-0.2, -0.15) is 0 Å². The van der Waals surface area contributed by atoms with E-state index in [-0.39, 0.29) is 5.56 Å². The second-order valence-corrected chi connectivity index (χ2v) is 8.56. The lowest BCUT2D eigenvalue weighted by atomic mass is 10.0. The summed E-state index contributed by atoms with van der Waals surface area (Å²) in [6.07, 6.45) is 0. The van der Waals surface area contributed by atoms with Crippen molar-refractivity contribution in [2.45, 2.75) is 25.5 Å². The number of benzene rings is 3. The summed E-state index contributed by atoms with van der Waals surface area (Å²) in [5.74, 6) is 0.850. The number of anilines is 1. The quantitative estimate of drug-likeness (QED) is 0.246. The zero-order valence-corrected chi connectivity index (χ0v) is 18.5. The molecule has 1 aromatic heterocycles. The van der Waals surface area contributed by atoms with Crippen molar-refractivity contribution in [1.29, 1.82) is 0 Å². The number of nitrogen functional groups attached to an aromatic ring is 1. The van der Waals surface area contributed by atoms with E-state index in [1.807, 2.05) is 61.5 Å². The van der Waals surface area contributed by atoms with E-state index in [9.17, 15) is 4.79 Å². The number of nitrogens with zero attached hydrogens (tertiary/aromatic N) is 2. The Balaban J connectivity index is 1.74. The van der Waals surface area contributed by atoms with Crippen LogP contribution in [0.3, 0.4) is 0 Å². The van der Waals surface area contributed by atoms with E-state index in [0.717, 1.165) is 44.5 Å². The molecule has 1 heterocycles. The fourth-order valence-electron chi connectivity index (χ4n) is 3.68. The normalized spacial score (nSPS) is 10.9. The number of rotatable bonds is 6. The van der Waals surface area contributed by atoms with Crippen LogP contribution in [0.25, 0.3) is 22.3 Å². The molecule has 0 amide bonds.